The largest absolute Gasteiger partial charge is 0.370 e. The third kappa shape index (κ3) is 5.39. The van der Waals surface area contributed by atoms with Crippen LogP contribution in [0.5, 0.6) is 0 Å². The van der Waals surface area contributed by atoms with Gasteiger partial charge in [-0.25, -0.2) is 0 Å². The standard InChI is InChI=1S/C7H14N2O2/c1-3-7(11)9-5(2)4-6(8)10/h5H,3-4H2,1-2H3,(H2,8,10)(H,9,11). The molecule has 0 aliphatic heterocycles. The van der Waals surface area contributed by atoms with Gasteiger partial charge in [0.1, 0.15) is 0 Å². The Morgan fingerprint density at radius 3 is 2.45 bits per heavy atom. The Bertz CT molecular complexity index is 157. The van der Waals surface area contributed by atoms with Gasteiger partial charge in [-0.2, -0.15) is 0 Å². The van der Waals surface area contributed by atoms with Crippen molar-refractivity contribution in [3.63, 3.8) is 0 Å². The number of hydrogen-bond donors (Lipinski definition) is 2. The summed E-state index contributed by atoms with van der Waals surface area (Å²) in [5.41, 5.74) is 4.92. The highest BCUT2D eigenvalue weighted by molar-refractivity contribution is 5.78. The van der Waals surface area contributed by atoms with E-state index in [-0.39, 0.29) is 18.4 Å². The smallest absolute Gasteiger partial charge is 0.219 e. The van der Waals surface area contributed by atoms with E-state index in [4.69, 9.17) is 5.73 Å². The van der Waals surface area contributed by atoms with E-state index < -0.39 is 5.91 Å². The Morgan fingerprint density at radius 1 is 1.55 bits per heavy atom. The molecule has 0 aliphatic carbocycles. The molecule has 0 spiro atoms. The maximum absolute atomic E-state index is 10.7. The molecule has 0 radical (unpaired) electrons. The molecule has 0 aromatic rings. The molecule has 0 aliphatic rings. The Balaban J connectivity index is 3.60. The average Bonchev–Trinajstić information content (AvgIpc) is 1.85. The Kier molecular flexibility index (Phi) is 4.26. The van der Waals surface area contributed by atoms with Crippen LogP contribution in [0.3, 0.4) is 0 Å². The van der Waals surface area contributed by atoms with Gasteiger partial charge in [0.15, 0.2) is 0 Å². The molecular formula is C7H14N2O2. The molecule has 0 saturated heterocycles. The van der Waals surface area contributed by atoms with Crippen molar-refractivity contribution in [3.05, 3.63) is 0 Å². The minimum Gasteiger partial charge on any atom is -0.370 e. The first-order valence-electron chi connectivity index (χ1n) is 3.64. The number of rotatable bonds is 4. The molecule has 0 bridgehead atoms. The number of hydrogen-bond acceptors (Lipinski definition) is 2. The van der Waals surface area contributed by atoms with Gasteiger partial charge < -0.3 is 11.1 Å². The first kappa shape index (κ1) is 9.94. The van der Waals surface area contributed by atoms with E-state index in [2.05, 4.69) is 5.32 Å². The quantitative estimate of drug-likeness (QED) is 0.593. The maximum Gasteiger partial charge on any atom is 0.219 e. The van der Waals surface area contributed by atoms with Crippen molar-refractivity contribution >= 4 is 11.8 Å². The molecule has 64 valence electrons. The summed E-state index contributed by atoms with van der Waals surface area (Å²) in [6.45, 7) is 3.50. The van der Waals surface area contributed by atoms with E-state index >= 15 is 0 Å². The topological polar surface area (TPSA) is 72.2 Å². The van der Waals surface area contributed by atoms with Gasteiger partial charge in [-0.15, -0.1) is 0 Å². The van der Waals surface area contributed by atoms with Crippen LogP contribution in [0, 0.1) is 0 Å². The highest BCUT2D eigenvalue weighted by Gasteiger charge is 2.07. The minimum absolute atomic E-state index is 0.0567. The van der Waals surface area contributed by atoms with Crippen LogP contribution < -0.4 is 11.1 Å². The minimum atomic E-state index is -0.395. The molecule has 1 atom stereocenters. The van der Waals surface area contributed by atoms with E-state index in [1.54, 1.807) is 13.8 Å². The second-order valence-electron chi connectivity index (χ2n) is 2.49. The molecule has 4 heteroatoms. The lowest BCUT2D eigenvalue weighted by atomic mass is 10.2. The SMILES string of the molecule is CCC(=O)NC(C)CC(N)=O. The first-order chi connectivity index (χ1) is 5.06. The molecule has 3 N–H and O–H groups in total. The van der Waals surface area contributed by atoms with Gasteiger partial charge in [0, 0.05) is 18.9 Å². The van der Waals surface area contributed by atoms with Crippen LogP contribution in [0.4, 0.5) is 0 Å². The van der Waals surface area contributed by atoms with Crippen molar-refractivity contribution in [1.29, 1.82) is 0 Å². The van der Waals surface area contributed by atoms with E-state index in [1.165, 1.54) is 0 Å². The summed E-state index contributed by atoms with van der Waals surface area (Å²) in [7, 11) is 0. The highest BCUT2D eigenvalue weighted by atomic mass is 16.2. The summed E-state index contributed by atoms with van der Waals surface area (Å²) in [5.74, 6) is -0.451. The summed E-state index contributed by atoms with van der Waals surface area (Å²) in [4.78, 5) is 21.1. The molecule has 11 heavy (non-hydrogen) atoms. The predicted octanol–water partition coefficient (Wildman–Crippen LogP) is -0.223. The van der Waals surface area contributed by atoms with Crippen molar-refractivity contribution in [2.24, 2.45) is 5.73 Å². The lowest BCUT2D eigenvalue weighted by molar-refractivity contribution is -0.122. The van der Waals surface area contributed by atoms with E-state index in [1.807, 2.05) is 0 Å². The first-order valence-corrected chi connectivity index (χ1v) is 3.64. The molecule has 0 aromatic heterocycles. The molecule has 4 nitrogen and oxygen atoms in total. The summed E-state index contributed by atoms with van der Waals surface area (Å²) >= 11 is 0. The molecule has 0 saturated carbocycles. The van der Waals surface area contributed by atoms with Crippen LogP contribution >= 0.6 is 0 Å². The van der Waals surface area contributed by atoms with Crippen molar-refractivity contribution in [2.45, 2.75) is 32.7 Å². The van der Waals surface area contributed by atoms with Crippen LogP contribution in [0.2, 0.25) is 0 Å². The van der Waals surface area contributed by atoms with Crippen LogP contribution in [-0.4, -0.2) is 17.9 Å². The Labute approximate surface area is 66.1 Å². The van der Waals surface area contributed by atoms with Crippen molar-refractivity contribution in [2.75, 3.05) is 0 Å². The molecule has 0 rings (SSSR count). The van der Waals surface area contributed by atoms with Crippen LogP contribution in [0.25, 0.3) is 0 Å². The number of carbonyl (C=O) groups is 2. The lowest BCUT2D eigenvalue weighted by Crippen LogP contribution is -2.35. The monoisotopic (exact) mass is 158 g/mol. The number of amides is 2. The summed E-state index contributed by atoms with van der Waals surface area (Å²) in [6.07, 6.45) is 0.634. The fourth-order valence-electron chi connectivity index (χ4n) is 0.730. The predicted molar refractivity (Wildman–Crippen MR) is 41.7 cm³/mol. The maximum atomic E-state index is 10.7. The number of nitrogens with two attached hydrogens (primary N) is 1. The third-order valence-electron chi connectivity index (χ3n) is 1.24. The molecule has 0 aromatic carbocycles. The molecule has 0 heterocycles. The van der Waals surface area contributed by atoms with Gasteiger partial charge in [-0.1, -0.05) is 6.92 Å². The average molecular weight is 158 g/mol. The van der Waals surface area contributed by atoms with Crippen molar-refractivity contribution in [3.8, 4) is 0 Å². The van der Waals surface area contributed by atoms with Crippen molar-refractivity contribution < 1.29 is 9.59 Å². The highest BCUT2D eigenvalue weighted by Crippen LogP contribution is 1.89. The second kappa shape index (κ2) is 4.71. The van der Waals surface area contributed by atoms with E-state index in [0.29, 0.717) is 6.42 Å². The van der Waals surface area contributed by atoms with E-state index in [0.717, 1.165) is 0 Å². The zero-order valence-electron chi connectivity index (χ0n) is 6.89. The zero-order chi connectivity index (χ0) is 8.85. The summed E-state index contributed by atoms with van der Waals surface area (Å²) in [5, 5.41) is 2.62. The number of nitrogens with one attached hydrogen (secondary N) is 1. The van der Waals surface area contributed by atoms with Gasteiger partial charge in [-0.05, 0) is 6.92 Å². The number of carbonyl (C=O) groups excluding carboxylic acids is 2. The third-order valence-corrected chi connectivity index (χ3v) is 1.24. The Morgan fingerprint density at radius 2 is 2.09 bits per heavy atom. The normalized spacial score (nSPS) is 12.2. The molecule has 2 amide bonds. The fourth-order valence-corrected chi connectivity index (χ4v) is 0.730. The summed E-state index contributed by atoms with van der Waals surface area (Å²) < 4.78 is 0. The van der Waals surface area contributed by atoms with Crippen LogP contribution in [0.1, 0.15) is 26.7 Å². The van der Waals surface area contributed by atoms with Crippen LogP contribution in [0.15, 0.2) is 0 Å². The Hall–Kier alpha value is -1.06. The van der Waals surface area contributed by atoms with Crippen molar-refractivity contribution in [1.82, 2.24) is 5.32 Å². The van der Waals surface area contributed by atoms with Gasteiger partial charge in [-0.3, -0.25) is 9.59 Å². The van der Waals surface area contributed by atoms with Gasteiger partial charge in [0.05, 0.1) is 0 Å². The lowest BCUT2D eigenvalue weighted by Gasteiger charge is -2.10. The summed E-state index contributed by atoms with van der Waals surface area (Å²) in [6, 6.07) is -0.153. The fraction of sp³-hybridized carbons (Fsp3) is 0.714. The van der Waals surface area contributed by atoms with Gasteiger partial charge in [0.2, 0.25) is 11.8 Å². The van der Waals surface area contributed by atoms with E-state index in [9.17, 15) is 9.59 Å². The second-order valence-corrected chi connectivity index (χ2v) is 2.49. The van der Waals surface area contributed by atoms with Gasteiger partial charge >= 0.3 is 0 Å². The molecule has 1 unspecified atom stereocenters. The molecule has 0 fully saturated rings. The molecular weight excluding hydrogens is 144 g/mol. The zero-order valence-corrected chi connectivity index (χ0v) is 6.89. The van der Waals surface area contributed by atoms with Gasteiger partial charge in [0.25, 0.3) is 0 Å². The van der Waals surface area contributed by atoms with Crippen LogP contribution in [-0.2, 0) is 9.59 Å². The number of primary amides is 1.